The van der Waals surface area contributed by atoms with Crippen molar-refractivity contribution in [1.29, 1.82) is 0 Å². The van der Waals surface area contributed by atoms with Gasteiger partial charge in [0.2, 0.25) is 0 Å². The SMILES string of the molecule is CCC1=C(C)CC(C)C=C1. The number of hydrogen-bond acceptors (Lipinski definition) is 0. The maximum Gasteiger partial charge on any atom is -0.0221 e. The molecule has 1 aliphatic rings. The van der Waals surface area contributed by atoms with Crippen LogP contribution < -0.4 is 0 Å². The van der Waals surface area contributed by atoms with Crippen molar-refractivity contribution in [1.82, 2.24) is 0 Å². The number of hydrogen-bond donors (Lipinski definition) is 0. The van der Waals surface area contributed by atoms with Crippen molar-refractivity contribution in [2.45, 2.75) is 33.6 Å². The van der Waals surface area contributed by atoms with Crippen LogP contribution in [0.15, 0.2) is 23.3 Å². The molecule has 0 N–H and O–H groups in total. The predicted molar refractivity (Wildman–Crippen MR) is 45.9 cm³/mol. The van der Waals surface area contributed by atoms with E-state index in [1.807, 2.05) is 0 Å². The van der Waals surface area contributed by atoms with Gasteiger partial charge in [-0.2, -0.15) is 0 Å². The fourth-order valence-electron chi connectivity index (χ4n) is 1.52. The molecule has 0 aromatic carbocycles. The number of allylic oxidation sites excluding steroid dienone is 4. The van der Waals surface area contributed by atoms with E-state index in [1.54, 1.807) is 5.57 Å². The van der Waals surface area contributed by atoms with E-state index in [-0.39, 0.29) is 0 Å². The molecule has 0 heterocycles. The third kappa shape index (κ3) is 1.50. The normalized spacial score (nSPS) is 25.7. The lowest BCUT2D eigenvalue weighted by Crippen LogP contribution is -1.98. The van der Waals surface area contributed by atoms with E-state index in [9.17, 15) is 0 Å². The summed E-state index contributed by atoms with van der Waals surface area (Å²) in [4.78, 5) is 0. The molecule has 0 heteroatoms. The standard InChI is InChI=1S/C10H16/c1-4-10-6-5-8(2)7-9(10)3/h5-6,8H,4,7H2,1-3H3. The molecule has 0 bridgehead atoms. The maximum atomic E-state index is 2.31. The van der Waals surface area contributed by atoms with Gasteiger partial charge in [0, 0.05) is 0 Å². The molecule has 0 fully saturated rings. The molecule has 0 nitrogen and oxygen atoms in total. The number of rotatable bonds is 1. The molecule has 0 saturated carbocycles. The van der Waals surface area contributed by atoms with Crippen LogP contribution in [-0.2, 0) is 0 Å². The second-order valence-corrected chi connectivity index (χ2v) is 3.20. The highest BCUT2D eigenvalue weighted by Crippen LogP contribution is 2.24. The lowest BCUT2D eigenvalue weighted by atomic mass is 9.91. The van der Waals surface area contributed by atoms with Crippen LogP contribution in [0.1, 0.15) is 33.6 Å². The Morgan fingerprint density at radius 3 is 2.80 bits per heavy atom. The first kappa shape index (κ1) is 7.59. The molecular weight excluding hydrogens is 120 g/mol. The summed E-state index contributed by atoms with van der Waals surface area (Å²) in [6, 6.07) is 0. The molecule has 1 atom stereocenters. The highest BCUT2D eigenvalue weighted by atomic mass is 14.1. The largest absolute Gasteiger partial charge is 0.0811 e. The van der Waals surface area contributed by atoms with Gasteiger partial charge in [-0.25, -0.2) is 0 Å². The smallest absolute Gasteiger partial charge is 0.0221 e. The summed E-state index contributed by atoms with van der Waals surface area (Å²) in [6.07, 6.45) is 7.05. The third-order valence-electron chi connectivity index (χ3n) is 2.18. The molecule has 0 aliphatic heterocycles. The van der Waals surface area contributed by atoms with Crippen LogP contribution in [0.3, 0.4) is 0 Å². The Kier molecular flexibility index (Phi) is 2.31. The molecule has 0 spiro atoms. The quantitative estimate of drug-likeness (QED) is 0.518. The van der Waals surface area contributed by atoms with E-state index >= 15 is 0 Å². The topological polar surface area (TPSA) is 0 Å². The van der Waals surface area contributed by atoms with Crippen molar-refractivity contribution in [3.8, 4) is 0 Å². The van der Waals surface area contributed by atoms with Crippen LogP contribution >= 0.6 is 0 Å². The summed E-state index contributed by atoms with van der Waals surface area (Å²) in [5, 5.41) is 0. The Morgan fingerprint density at radius 1 is 1.60 bits per heavy atom. The Labute approximate surface area is 63.6 Å². The second-order valence-electron chi connectivity index (χ2n) is 3.20. The first-order chi connectivity index (χ1) is 4.74. The van der Waals surface area contributed by atoms with Crippen molar-refractivity contribution in [3.05, 3.63) is 23.3 Å². The molecular formula is C10H16. The van der Waals surface area contributed by atoms with Gasteiger partial charge in [-0.1, -0.05) is 31.6 Å². The molecule has 56 valence electrons. The van der Waals surface area contributed by atoms with Gasteiger partial charge >= 0.3 is 0 Å². The molecule has 0 aromatic heterocycles. The fourth-order valence-corrected chi connectivity index (χ4v) is 1.52. The van der Waals surface area contributed by atoms with Gasteiger partial charge in [-0.3, -0.25) is 0 Å². The van der Waals surface area contributed by atoms with E-state index < -0.39 is 0 Å². The third-order valence-corrected chi connectivity index (χ3v) is 2.18. The monoisotopic (exact) mass is 136 g/mol. The maximum absolute atomic E-state index is 2.31. The van der Waals surface area contributed by atoms with Gasteiger partial charge in [0.15, 0.2) is 0 Å². The minimum atomic E-state index is 0.760. The summed E-state index contributed by atoms with van der Waals surface area (Å²) in [5.41, 5.74) is 3.12. The summed E-state index contributed by atoms with van der Waals surface area (Å²) in [5.74, 6) is 0.760. The zero-order valence-electron chi connectivity index (χ0n) is 7.15. The zero-order chi connectivity index (χ0) is 7.56. The lowest BCUT2D eigenvalue weighted by Gasteiger charge is -2.15. The Morgan fingerprint density at radius 2 is 2.30 bits per heavy atom. The van der Waals surface area contributed by atoms with Crippen LogP contribution in [-0.4, -0.2) is 0 Å². The fraction of sp³-hybridized carbons (Fsp3) is 0.600. The molecule has 0 amide bonds. The van der Waals surface area contributed by atoms with E-state index in [0.717, 1.165) is 5.92 Å². The van der Waals surface area contributed by atoms with Gasteiger partial charge in [-0.05, 0) is 31.3 Å². The first-order valence-electron chi connectivity index (χ1n) is 4.11. The summed E-state index contributed by atoms with van der Waals surface area (Å²) >= 11 is 0. The van der Waals surface area contributed by atoms with Crippen molar-refractivity contribution in [2.75, 3.05) is 0 Å². The van der Waals surface area contributed by atoms with Crippen LogP contribution in [0.4, 0.5) is 0 Å². The molecule has 1 unspecified atom stereocenters. The van der Waals surface area contributed by atoms with E-state index in [4.69, 9.17) is 0 Å². The van der Waals surface area contributed by atoms with Crippen molar-refractivity contribution in [2.24, 2.45) is 5.92 Å². The summed E-state index contributed by atoms with van der Waals surface area (Å²) in [6.45, 7) is 6.74. The van der Waals surface area contributed by atoms with Gasteiger partial charge in [0.1, 0.15) is 0 Å². The van der Waals surface area contributed by atoms with Gasteiger partial charge in [-0.15, -0.1) is 0 Å². The molecule has 0 radical (unpaired) electrons. The van der Waals surface area contributed by atoms with Crippen molar-refractivity contribution in [3.63, 3.8) is 0 Å². The minimum absolute atomic E-state index is 0.760. The Balaban J connectivity index is 2.73. The average molecular weight is 136 g/mol. The Hall–Kier alpha value is -0.520. The van der Waals surface area contributed by atoms with Crippen molar-refractivity contribution < 1.29 is 0 Å². The van der Waals surface area contributed by atoms with E-state index in [0.29, 0.717) is 0 Å². The lowest BCUT2D eigenvalue weighted by molar-refractivity contribution is 0.695. The van der Waals surface area contributed by atoms with Gasteiger partial charge in [0.05, 0.1) is 0 Å². The molecule has 1 rings (SSSR count). The van der Waals surface area contributed by atoms with Gasteiger partial charge < -0.3 is 0 Å². The average Bonchev–Trinajstić information content (AvgIpc) is 1.88. The van der Waals surface area contributed by atoms with E-state index in [1.165, 1.54) is 18.4 Å². The van der Waals surface area contributed by atoms with Crippen LogP contribution in [0, 0.1) is 5.92 Å². The van der Waals surface area contributed by atoms with Crippen LogP contribution in [0.5, 0.6) is 0 Å². The summed E-state index contributed by atoms with van der Waals surface area (Å²) in [7, 11) is 0. The zero-order valence-corrected chi connectivity index (χ0v) is 7.15. The molecule has 0 saturated heterocycles. The molecule has 10 heavy (non-hydrogen) atoms. The second kappa shape index (κ2) is 3.05. The van der Waals surface area contributed by atoms with E-state index in [2.05, 4.69) is 32.9 Å². The molecule has 0 aromatic rings. The van der Waals surface area contributed by atoms with Gasteiger partial charge in [0.25, 0.3) is 0 Å². The Bertz CT molecular complexity index is 172. The van der Waals surface area contributed by atoms with Crippen LogP contribution in [0.25, 0.3) is 0 Å². The van der Waals surface area contributed by atoms with Crippen LogP contribution in [0.2, 0.25) is 0 Å². The first-order valence-corrected chi connectivity index (χ1v) is 4.11. The highest BCUT2D eigenvalue weighted by molar-refractivity contribution is 5.28. The predicted octanol–water partition coefficient (Wildman–Crippen LogP) is 3.31. The summed E-state index contributed by atoms with van der Waals surface area (Å²) < 4.78 is 0. The molecule has 1 aliphatic carbocycles. The van der Waals surface area contributed by atoms with Crippen molar-refractivity contribution >= 4 is 0 Å². The minimum Gasteiger partial charge on any atom is -0.0811 e. The highest BCUT2D eigenvalue weighted by Gasteiger charge is 2.06.